The Balaban J connectivity index is 1.42. The number of imidazole rings is 2. The van der Waals surface area contributed by atoms with Gasteiger partial charge in [-0.1, -0.05) is 6.07 Å². The van der Waals surface area contributed by atoms with E-state index in [0.717, 1.165) is 38.5 Å². The molecule has 3 aromatic heterocycles. The molecular weight excluding hydrogens is 350 g/mol. The van der Waals surface area contributed by atoms with Crippen molar-refractivity contribution in [2.75, 3.05) is 38.6 Å². The quantitative estimate of drug-likeness (QED) is 0.631. The number of aromatic nitrogens is 5. The second kappa shape index (κ2) is 8.56. The fourth-order valence-corrected chi connectivity index (χ4v) is 3.86. The van der Waals surface area contributed by atoms with Crippen molar-refractivity contribution < 1.29 is 0 Å². The maximum absolute atomic E-state index is 4.74. The van der Waals surface area contributed by atoms with Crippen LogP contribution < -0.4 is 4.90 Å². The van der Waals surface area contributed by atoms with Crippen LogP contribution in [-0.2, 0) is 13.1 Å². The summed E-state index contributed by atoms with van der Waals surface area (Å²) in [5.74, 6) is 2.73. The van der Waals surface area contributed by atoms with Crippen LogP contribution in [0.15, 0.2) is 49.4 Å². The zero-order valence-corrected chi connectivity index (χ0v) is 16.8. The molecule has 0 spiro atoms. The predicted molar refractivity (Wildman–Crippen MR) is 111 cm³/mol. The van der Waals surface area contributed by atoms with Gasteiger partial charge in [0.25, 0.3) is 0 Å². The van der Waals surface area contributed by atoms with Crippen molar-refractivity contribution >= 4 is 5.82 Å². The first kappa shape index (κ1) is 18.7. The van der Waals surface area contributed by atoms with E-state index in [-0.39, 0.29) is 0 Å². The normalized spacial score (nSPS) is 17.4. The van der Waals surface area contributed by atoms with E-state index in [4.69, 9.17) is 9.97 Å². The summed E-state index contributed by atoms with van der Waals surface area (Å²) in [6.07, 6.45) is 14.0. The van der Waals surface area contributed by atoms with Crippen molar-refractivity contribution in [3.05, 3.63) is 60.8 Å². The Bertz CT molecular complexity index is 851. The monoisotopic (exact) mass is 379 g/mol. The van der Waals surface area contributed by atoms with Crippen LogP contribution in [0.2, 0.25) is 0 Å². The Morgan fingerprint density at radius 3 is 2.82 bits per heavy atom. The van der Waals surface area contributed by atoms with Crippen LogP contribution in [-0.4, -0.2) is 62.7 Å². The SMILES string of the molecule is CN(C)CCn1ccnc1[C@H]1CCCN(c2ccc(Cn3ccnc3)cn2)C1. The maximum atomic E-state index is 4.74. The third kappa shape index (κ3) is 4.42. The second-order valence-corrected chi connectivity index (χ2v) is 7.83. The van der Waals surface area contributed by atoms with Crippen molar-refractivity contribution in [2.45, 2.75) is 31.8 Å². The Labute approximate surface area is 166 Å². The topological polar surface area (TPSA) is 55.0 Å². The van der Waals surface area contributed by atoms with E-state index in [1.54, 1.807) is 6.20 Å². The van der Waals surface area contributed by atoms with E-state index < -0.39 is 0 Å². The lowest BCUT2D eigenvalue weighted by molar-refractivity contribution is 0.373. The van der Waals surface area contributed by atoms with E-state index in [2.05, 4.69) is 56.3 Å². The molecule has 1 saturated heterocycles. The highest BCUT2D eigenvalue weighted by Crippen LogP contribution is 2.28. The number of piperidine rings is 1. The molecule has 0 saturated carbocycles. The summed E-state index contributed by atoms with van der Waals surface area (Å²) < 4.78 is 4.37. The maximum Gasteiger partial charge on any atom is 0.128 e. The third-order valence-electron chi connectivity index (χ3n) is 5.38. The molecule has 1 aliphatic rings. The average Bonchev–Trinajstić information content (AvgIpc) is 3.39. The summed E-state index contributed by atoms with van der Waals surface area (Å²) in [5, 5.41) is 0. The van der Waals surface area contributed by atoms with Gasteiger partial charge in [0.2, 0.25) is 0 Å². The smallest absolute Gasteiger partial charge is 0.128 e. The average molecular weight is 380 g/mol. The number of nitrogens with zero attached hydrogens (tertiary/aromatic N) is 7. The molecule has 7 heteroatoms. The number of hydrogen-bond donors (Lipinski definition) is 0. The van der Waals surface area contributed by atoms with Gasteiger partial charge in [-0.25, -0.2) is 15.0 Å². The Kier molecular flexibility index (Phi) is 5.71. The number of rotatable bonds is 7. The fourth-order valence-electron chi connectivity index (χ4n) is 3.86. The largest absolute Gasteiger partial charge is 0.356 e. The molecule has 148 valence electrons. The highest BCUT2D eigenvalue weighted by atomic mass is 15.2. The van der Waals surface area contributed by atoms with Crippen LogP contribution in [0.1, 0.15) is 30.1 Å². The molecule has 0 radical (unpaired) electrons. The highest BCUT2D eigenvalue weighted by Gasteiger charge is 2.25. The van der Waals surface area contributed by atoms with Gasteiger partial charge in [0.1, 0.15) is 11.6 Å². The van der Waals surface area contributed by atoms with E-state index in [9.17, 15) is 0 Å². The van der Waals surface area contributed by atoms with E-state index in [1.807, 2.05) is 24.9 Å². The standard InChI is InChI=1S/C21H29N7/c1-25(2)12-13-27-11-8-23-21(27)19-4-3-9-28(16-19)20-6-5-18(14-24-20)15-26-10-7-22-17-26/h5-8,10-11,14,17,19H,3-4,9,12-13,15-16H2,1-2H3/t19-/m0/s1. The van der Waals surface area contributed by atoms with Crippen LogP contribution in [0.4, 0.5) is 5.82 Å². The van der Waals surface area contributed by atoms with Crippen molar-refractivity contribution in [3.63, 3.8) is 0 Å². The zero-order valence-electron chi connectivity index (χ0n) is 16.8. The number of anilines is 1. The molecule has 0 aromatic carbocycles. The van der Waals surface area contributed by atoms with E-state index in [0.29, 0.717) is 5.92 Å². The molecule has 4 rings (SSSR count). The Hall–Kier alpha value is -2.67. The molecular formula is C21H29N7. The summed E-state index contributed by atoms with van der Waals surface area (Å²) >= 11 is 0. The fraction of sp³-hybridized carbons (Fsp3) is 0.476. The third-order valence-corrected chi connectivity index (χ3v) is 5.38. The van der Waals surface area contributed by atoms with Crippen LogP contribution in [0.25, 0.3) is 0 Å². The van der Waals surface area contributed by atoms with Crippen LogP contribution in [0.3, 0.4) is 0 Å². The molecule has 28 heavy (non-hydrogen) atoms. The molecule has 1 aliphatic heterocycles. The van der Waals surface area contributed by atoms with Crippen LogP contribution >= 0.6 is 0 Å². The van der Waals surface area contributed by atoms with Gasteiger partial charge >= 0.3 is 0 Å². The minimum atomic E-state index is 0.457. The molecule has 4 heterocycles. The van der Waals surface area contributed by atoms with Crippen molar-refractivity contribution in [1.82, 2.24) is 29.0 Å². The number of pyridine rings is 1. The minimum Gasteiger partial charge on any atom is -0.356 e. The summed E-state index contributed by atoms with van der Waals surface area (Å²) in [4.78, 5) is 18.1. The lowest BCUT2D eigenvalue weighted by Crippen LogP contribution is -2.36. The lowest BCUT2D eigenvalue weighted by Gasteiger charge is -2.33. The molecule has 1 atom stereocenters. The van der Waals surface area contributed by atoms with Gasteiger partial charge in [0.15, 0.2) is 0 Å². The molecule has 0 N–H and O–H groups in total. The van der Waals surface area contributed by atoms with Gasteiger partial charge in [0, 0.05) is 69.6 Å². The lowest BCUT2D eigenvalue weighted by atomic mass is 9.97. The van der Waals surface area contributed by atoms with Gasteiger partial charge in [-0.3, -0.25) is 0 Å². The van der Waals surface area contributed by atoms with Crippen LogP contribution in [0, 0.1) is 0 Å². The highest BCUT2D eigenvalue weighted by molar-refractivity contribution is 5.40. The first-order chi connectivity index (χ1) is 13.7. The summed E-state index contributed by atoms with van der Waals surface area (Å²) in [6, 6.07) is 4.32. The first-order valence-electron chi connectivity index (χ1n) is 10.0. The second-order valence-electron chi connectivity index (χ2n) is 7.83. The zero-order chi connectivity index (χ0) is 19.3. The Morgan fingerprint density at radius 1 is 1.14 bits per heavy atom. The summed E-state index contributed by atoms with van der Waals surface area (Å²) in [6.45, 7) is 4.86. The minimum absolute atomic E-state index is 0.457. The molecule has 0 bridgehead atoms. The molecule has 7 nitrogen and oxygen atoms in total. The van der Waals surface area contributed by atoms with Gasteiger partial charge in [-0.2, -0.15) is 0 Å². The number of hydrogen-bond acceptors (Lipinski definition) is 5. The molecule has 0 amide bonds. The summed E-state index contributed by atoms with van der Waals surface area (Å²) in [7, 11) is 4.22. The van der Waals surface area contributed by atoms with Crippen molar-refractivity contribution in [3.8, 4) is 0 Å². The molecule has 0 unspecified atom stereocenters. The number of likely N-dealkylation sites (N-methyl/N-ethyl adjacent to an activating group) is 1. The summed E-state index contributed by atoms with van der Waals surface area (Å²) in [5.41, 5.74) is 1.19. The van der Waals surface area contributed by atoms with E-state index in [1.165, 1.54) is 24.2 Å². The van der Waals surface area contributed by atoms with Crippen molar-refractivity contribution in [2.24, 2.45) is 0 Å². The van der Waals surface area contributed by atoms with Gasteiger partial charge in [-0.15, -0.1) is 0 Å². The molecule has 3 aromatic rings. The first-order valence-corrected chi connectivity index (χ1v) is 10.0. The van der Waals surface area contributed by atoms with Gasteiger partial charge in [0.05, 0.1) is 6.33 Å². The van der Waals surface area contributed by atoms with Gasteiger partial charge < -0.3 is 18.9 Å². The Morgan fingerprint density at radius 2 is 2.07 bits per heavy atom. The van der Waals surface area contributed by atoms with E-state index >= 15 is 0 Å². The van der Waals surface area contributed by atoms with Crippen LogP contribution in [0.5, 0.6) is 0 Å². The van der Waals surface area contributed by atoms with Crippen molar-refractivity contribution in [1.29, 1.82) is 0 Å². The molecule has 0 aliphatic carbocycles. The predicted octanol–water partition coefficient (Wildman–Crippen LogP) is 2.47. The molecule has 1 fully saturated rings. The van der Waals surface area contributed by atoms with Gasteiger partial charge in [-0.05, 0) is 38.6 Å².